The molecule has 0 spiro atoms. The Kier molecular flexibility index (Phi) is 1.43. The zero-order valence-corrected chi connectivity index (χ0v) is 8.21. The second-order valence-electron chi connectivity index (χ2n) is 5.43. The molecule has 4 rings (SSSR count). The van der Waals surface area contributed by atoms with E-state index in [4.69, 9.17) is 0 Å². The molecule has 2 N–H and O–H groups in total. The van der Waals surface area contributed by atoms with Crippen LogP contribution in [0.5, 0.6) is 0 Å². The van der Waals surface area contributed by atoms with Gasteiger partial charge in [0.15, 0.2) is 0 Å². The first kappa shape index (κ1) is 8.21. The Morgan fingerprint density at radius 1 is 1.38 bits per heavy atom. The first-order valence-corrected chi connectivity index (χ1v) is 5.28. The van der Waals surface area contributed by atoms with Crippen LogP contribution in [0.15, 0.2) is 0 Å². The predicted octanol–water partition coefficient (Wildman–Crippen LogP) is -0.0525. The van der Waals surface area contributed by atoms with Crippen molar-refractivity contribution in [2.45, 2.75) is 42.9 Å². The van der Waals surface area contributed by atoms with Gasteiger partial charge in [0.1, 0.15) is 0 Å². The van der Waals surface area contributed by atoms with Crippen molar-refractivity contribution in [2.75, 3.05) is 20.1 Å². The molecule has 0 amide bonds. The zero-order valence-electron chi connectivity index (χ0n) is 8.21. The third-order valence-corrected chi connectivity index (χ3v) is 3.90. The summed E-state index contributed by atoms with van der Waals surface area (Å²) in [5.74, 6) is 0. The van der Waals surface area contributed by atoms with Gasteiger partial charge in [-0.25, -0.2) is 0 Å². The fourth-order valence-corrected chi connectivity index (χ4v) is 3.37. The average molecular weight is 182 g/mol. The number of likely N-dealkylation sites (N-methyl/N-ethyl adjacent to an activating group) is 1. The normalized spacial score (nSPS) is 54.5. The minimum atomic E-state index is -0.252. The summed E-state index contributed by atoms with van der Waals surface area (Å²) < 4.78 is 0. The van der Waals surface area contributed by atoms with Gasteiger partial charge in [-0.1, -0.05) is 0 Å². The summed E-state index contributed by atoms with van der Waals surface area (Å²) in [4.78, 5) is 2.37. The van der Waals surface area contributed by atoms with Crippen molar-refractivity contribution in [1.29, 1.82) is 0 Å². The van der Waals surface area contributed by atoms with Gasteiger partial charge >= 0.3 is 0 Å². The molecule has 74 valence electrons. The number of likely N-dealkylation sites (tertiary alicyclic amines) is 1. The highest BCUT2D eigenvalue weighted by molar-refractivity contribution is 5.25. The molecule has 1 heterocycles. The highest BCUT2D eigenvalue weighted by Crippen LogP contribution is 2.60. The standard InChI is InChI=1S/C10H18N2O/c1-12-3-2-8(4-12)11-9-5-10(13,6-9)7-9/h8,11,13H,2-7H2,1H3/t8-,9?,10?/m1/s1. The largest absolute Gasteiger partial charge is 0.390 e. The average Bonchev–Trinajstić information content (AvgIpc) is 2.30. The van der Waals surface area contributed by atoms with Crippen LogP contribution < -0.4 is 5.32 Å². The van der Waals surface area contributed by atoms with Crippen molar-refractivity contribution in [3.8, 4) is 0 Å². The molecular weight excluding hydrogens is 164 g/mol. The molecular formula is C10H18N2O. The van der Waals surface area contributed by atoms with Gasteiger partial charge in [0, 0.05) is 18.1 Å². The van der Waals surface area contributed by atoms with E-state index in [2.05, 4.69) is 17.3 Å². The molecule has 1 aliphatic heterocycles. The van der Waals surface area contributed by atoms with Crippen molar-refractivity contribution in [3.63, 3.8) is 0 Å². The summed E-state index contributed by atoms with van der Waals surface area (Å²) in [6, 6.07) is 0.676. The molecule has 1 atom stereocenters. The van der Waals surface area contributed by atoms with Gasteiger partial charge < -0.3 is 15.3 Å². The second kappa shape index (κ2) is 2.27. The summed E-state index contributed by atoms with van der Waals surface area (Å²) in [5.41, 5.74) is 0.0993. The van der Waals surface area contributed by atoms with Crippen molar-refractivity contribution >= 4 is 0 Å². The molecule has 2 bridgehead atoms. The molecule has 3 nitrogen and oxygen atoms in total. The Hall–Kier alpha value is -0.120. The lowest BCUT2D eigenvalue weighted by Crippen LogP contribution is -2.79. The maximum absolute atomic E-state index is 9.62. The molecule has 0 unspecified atom stereocenters. The van der Waals surface area contributed by atoms with Gasteiger partial charge in [-0.3, -0.25) is 0 Å². The Morgan fingerprint density at radius 3 is 2.54 bits per heavy atom. The minimum absolute atomic E-state index is 0.252. The minimum Gasteiger partial charge on any atom is -0.390 e. The van der Waals surface area contributed by atoms with Gasteiger partial charge in [0.2, 0.25) is 0 Å². The van der Waals surface area contributed by atoms with Crippen molar-refractivity contribution in [2.24, 2.45) is 0 Å². The Labute approximate surface area is 79.1 Å². The van der Waals surface area contributed by atoms with Gasteiger partial charge in [-0.2, -0.15) is 0 Å². The Morgan fingerprint density at radius 2 is 2.08 bits per heavy atom. The van der Waals surface area contributed by atoms with Crippen LogP contribution in [0.1, 0.15) is 25.7 Å². The number of rotatable bonds is 2. The molecule has 1 saturated heterocycles. The molecule has 0 aromatic heterocycles. The Bertz CT molecular complexity index is 221. The van der Waals surface area contributed by atoms with E-state index in [1.54, 1.807) is 0 Å². The van der Waals surface area contributed by atoms with E-state index < -0.39 is 0 Å². The number of aliphatic hydroxyl groups is 1. The molecule has 3 saturated carbocycles. The van der Waals surface area contributed by atoms with E-state index in [0.29, 0.717) is 11.6 Å². The van der Waals surface area contributed by atoms with Crippen LogP contribution >= 0.6 is 0 Å². The fraction of sp³-hybridized carbons (Fsp3) is 1.00. The predicted molar refractivity (Wildman–Crippen MR) is 50.6 cm³/mol. The first-order valence-electron chi connectivity index (χ1n) is 5.28. The molecule has 3 aliphatic carbocycles. The van der Waals surface area contributed by atoms with Gasteiger partial charge in [0.05, 0.1) is 5.60 Å². The van der Waals surface area contributed by atoms with Crippen molar-refractivity contribution < 1.29 is 5.11 Å². The third-order valence-electron chi connectivity index (χ3n) is 3.90. The van der Waals surface area contributed by atoms with E-state index >= 15 is 0 Å². The molecule has 3 heteroatoms. The van der Waals surface area contributed by atoms with Crippen LogP contribution in [-0.4, -0.2) is 47.3 Å². The molecule has 0 radical (unpaired) electrons. The van der Waals surface area contributed by atoms with E-state index in [-0.39, 0.29) is 5.60 Å². The number of hydrogen-bond donors (Lipinski definition) is 2. The highest BCUT2D eigenvalue weighted by Gasteiger charge is 2.67. The van der Waals surface area contributed by atoms with Crippen molar-refractivity contribution in [3.05, 3.63) is 0 Å². The highest BCUT2D eigenvalue weighted by atomic mass is 16.3. The van der Waals surface area contributed by atoms with E-state index in [9.17, 15) is 5.11 Å². The van der Waals surface area contributed by atoms with Crippen LogP contribution in [0.4, 0.5) is 0 Å². The van der Waals surface area contributed by atoms with Crippen LogP contribution in [0, 0.1) is 0 Å². The van der Waals surface area contributed by atoms with Gasteiger partial charge in [0.25, 0.3) is 0 Å². The fourth-order valence-electron chi connectivity index (χ4n) is 3.37. The maximum atomic E-state index is 9.62. The number of nitrogens with zero attached hydrogens (tertiary/aromatic N) is 1. The summed E-state index contributed by atoms with van der Waals surface area (Å²) in [6.07, 6.45) is 4.28. The van der Waals surface area contributed by atoms with E-state index in [1.165, 1.54) is 19.5 Å². The van der Waals surface area contributed by atoms with Gasteiger partial charge in [-0.05, 0) is 39.3 Å². The third kappa shape index (κ3) is 1.14. The van der Waals surface area contributed by atoms with E-state index in [0.717, 1.165) is 19.3 Å². The quantitative estimate of drug-likeness (QED) is 0.628. The van der Waals surface area contributed by atoms with E-state index in [1.807, 2.05) is 0 Å². The van der Waals surface area contributed by atoms with Crippen LogP contribution in [0.2, 0.25) is 0 Å². The van der Waals surface area contributed by atoms with Crippen LogP contribution in [-0.2, 0) is 0 Å². The second-order valence-corrected chi connectivity index (χ2v) is 5.43. The lowest BCUT2D eigenvalue weighted by atomic mass is 9.46. The first-order chi connectivity index (χ1) is 6.09. The molecule has 4 fully saturated rings. The molecule has 4 aliphatic rings. The lowest BCUT2D eigenvalue weighted by Gasteiger charge is -2.68. The zero-order chi connectivity index (χ0) is 9.10. The number of nitrogens with one attached hydrogen (secondary N) is 1. The SMILES string of the molecule is CN1CC[C@@H](NC23CC(O)(C2)C3)C1. The smallest absolute Gasteiger partial charge is 0.0700 e. The molecule has 0 aromatic carbocycles. The summed E-state index contributed by atoms with van der Waals surface area (Å²) in [6.45, 7) is 2.40. The van der Waals surface area contributed by atoms with Crippen LogP contribution in [0.3, 0.4) is 0 Å². The van der Waals surface area contributed by atoms with Crippen molar-refractivity contribution in [1.82, 2.24) is 10.2 Å². The Balaban J connectivity index is 1.54. The summed E-state index contributed by atoms with van der Waals surface area (Å²) in [7, 11) is 2.18. The molecule has 13 heavy (non-hydrogen) atoms. The van der Waals surface area contributed by atoms with Gasteiger partial charge in [-0.15, -0.1) is 0 Å². The summed E-state index contributed by atoms with van der Waals surface area (Å²) >= 11 is 0. The molecule has 0 aromatic rings. The summed E-state index contributed by atoms with van der Waals surface area (Å²) in [5, 5.41) is 13.3. The topological polar surface area (TPSA) is 35.5 Å². The monoisotopic (exact) mass is 182 g/mol. The lowest BCUT2D eigenvalue weighted by molar-refractivity contribution is -0.223. The number of hydrogen-bond acceptors (Lipinski definition) is 3. The maximum Gasteiger partial charge on any atom is 0.0700 e. The van der Waals surface area contributed by atoms with Crippen LogP contribution in [0.25, 0.3) is 0 Å².